The van der Waals surface area contributed by atoms with Gasteiger partial charge in [-0.3, -0.25) is 14.9 Å². The maximum atomic E-state index is 14.0. The number of benzene rings is 3. The van der Waals surface area contributed by atoms with Crippen molar-refractivity contribution in [1.82, 2.24) is 0 Å². The van der Waals surface area contributed by atoms with Gasteiger partial charge in [-0.2, -0.15) is 10.5 Å². The molecule has 3 atom stereocenters. The van der Waals surface area contributed by atoms with Crippen LogP contribution in [0.25, 0.3) is 6.08 Å². The van der Waals surface area contributed by atoms with Crippen LogP contribution in [0.3, 0.4) is 0 Å². The number of hydrogen-bond donors (Lipinski definition) is 0. The molecular weight excluding hydrogens is 464 g/mol. The molecule has 7 nitrogen and oxygen atoms in total. The molecule has 0 radical (unpaired) electrons. The first-order chi connectivity index (χ1) is 16.9. The van der Waals surface area contributed by atoms with Crippen LogP contribution in [-0.2, 0) is 0 Å². The monoisotopic (exact) mass is 480 g/mol. The summed E-state index contributed by atoms with van der Waals surface area (Å²) in [5.41, 5.74) is 0.671. The number of hydrogen-bond acceptors (Lipinski definition) is 6. The Hall–Kier alpha value is -4.46. The lowest BCUT2D eigenvalue weighted by Gasteiger charge is -2.35. The van der Waals surface area contributed by atoms with E-state index in [9.17, 15) is 25.4 Å². The van der Waals surface area contributed by atoms with Crippen molar-refractivity contribution < 1.29 is 9.72 Å². The van der Waals surface area contributed by atoms with Crippen molar-refractivity contribution in [2.45, 2.75) is 18.0 Å². The van der Waals surface area contributed by atoms with Crippen molar-refractivity contribution in [1.29, 1.82) is 10.5 Å². The number of ketones is 1. The number of Topliss-reactive ketones (excluding diaryl/α,β-unsaturated/α-hetero) is 1. The predicted molar refractivity (Wildman–Crippen MR) is 131 cm³/mol. The summed E-state index contributed by atoms with van der Waals surface area (Å²) in [6.07, 6.45) is 3.58. The minimum Gasteiger partial charge on any atom is -0.351 e. The van der Waals surface area contributed by atoms with Crippen molar-refractivity contribution in [2.24, 2.45) is 5.41 Å². The molecule has 8 heteroatoms. The number of non-ortho nitro benzene ring substituents is 1. The van der Waals surface area contributed by atoms with Crippen LogP contribution in [0.1, 0.15) is 27.4 Å². The largest absolute Gasteiger partial charge is 0.351 e. The smallest absolute Gasteiger partial charge is 0.269 e. The van der Waals surface area contributed by atoms with E-state index in [0.717, 1.165) is 5.56 Å². The first-order valence-corrected chi connectivity index (χ1v) is 11.2. The fourth-order valence-corrected chi connectivity index (χ4v) is 5.40. The Morgan fingerprint density at radius 3 is 2.34 bits per heavy atom. The van der Waals surface area contributed by atoms with Gasteiger partial charge in [0.2, 0.25) is 0 Å². The molecule has 0 N–H and O–H groups in total. The summed E-state index contributed by atoms with van der Waals surface area (Å²) >= 11 is 6.21. The summed E-state index contributed by atoms with van der Waals surface area (Å²) < 4.78 is 0. The van der Waals surface area contributed by atoms with E-state index in [1.54, 1.807) is 54.6 Å². The third-order valence-electron chi connectivity index (χ3n) is 6.76. The molecule has 0 spiro atoms. The third-order valence-corrected chi connectivity index (χ3v) is 6.99. The Bertz CT molecular complexity index is 1440. The molecule has 3 aromatic carbocycles. The zero-order valence-electron chi connectivity index (χ0n) is 18.2. The van der Waals surface area contributed by atoms with Crippen LogP contribution in [0, 0.1) is 38.2 Å². The first-order valence-electron chi connectivity index (χ1n) is 10.8. The number of anilines is 1. The molecule has 3 unspecified atom stereocenters. The highest BCUT2D eigenvalue weighted by atomic mass is 35.5. The molecule has 2 aliphatic rings. The van der Waals surface area contributed by atoms with E-state index in [0.29, 0.717) is 21.8 Å². The van der Waals surface area contributed by atoms with E-state index in [1.807, 2.05) is 11.0 Å². The predicted octanol–water partition coefficient (Wildman–Crippen LogP) is 5.53. The molecule has 1 fully saturated rings. The molecule has 35 heavy (non-hydrogen) atoms. The molecular formula is C27H17ClN4O3. The van der Waals surface area contributed by atoms with Crippen LogP contribution in [-0.4, -0.2) is 22.8 Å². The Morgan fingerprint density at radius 2 is 1.71 bits per heavy atom. The van der Waals surface area contributed by atoms with E-state index in [-0.39, 0.29) is 11.5 Å². The number of halogens is 1. The first kappa shape index (κ1) is 22.3. The number of fused-ring (bicyclic) bond motifs is 3. The molecule has 0 amide bonds. The van der Waals surface area contributed by atoms with Gasteiger partial charge >= 0.3 is 0 Å². The van der Waals surface area contributed by atoms with Gasteiger partial charge in [0.15, 0.2) is 11.2 Å². The number of carbonyl (C=O) groups is 1. The molecule has 170 valence electrons. The van der Waals surface area contributed by atoms with Crippen LogP contribution in [0.2, 0.25) is 5.02 Å². The van der Waals surface area contributed by atoms with E-state index in [1.165, 1.54) is 24.3 Å². The third kappa shape index (κ3) is 3.37. The number of carbonyl (C=O) groups excluding carboxylic acids is 1. The molecule has 0 saturated carbocycles. The summed E-state index contributed by atoms with van der Waals surface area (Å²) in [6.45, 7) is 0. The van der Waals surface area contributed by atoms with Gasteiger partial charge in [-0.1, -0.05) is 66.2 Å². The van der Waals surface area contributed by atoms with Gasteiger partial charge < -0.3 is 4.90 Å². The molecule has 2 aliphatic heterocycles. The van der Waals surface area contributed by atoms with Gasteiger partial charge in [0.1, 0.15) is 6.04 Å². The zero-order valence-corrected chi connectivity index (χ0v) is 19.0. The highest BCUT2D eigenvalue weighted by Gasteiger charge is 2.63. The Balaban J connectivity index is 1.77. The molecule has 2 heterocycles. The molecule has 0 aliphatic carbocycles. The normalized spacial score (nSPS) is 21.3. The van der Waals surface area contributed by atoms with Crippen LogP contribution < -0.4 is 4.90 Å². The van der Waals surface area contributed by atoms with Crippen molar-refractivity contribution in [3.8, 4) is 12.1 Å². The number of nitriles is 2. The van der Waals surface area contributed by atoms with E-state index in [4.69, 9.17) is 11.6 Å². The molecule has 5 rings (SSSR count). The van der Waals surface area contributed by atoms with Crippen LogP contribution in [0.4, 0.5) is 11.4 Å². The lowest BCUT2D eigenvalue weighted by molar-refractivity contribution is -0.384. The van der Waals surface area contributed by atoms with E-state index >= 15 is 0 Å². The van der Waals surface area contributed by atoms with E-state index in [2.05, 4.69) is 12.1 Å². The second-order valence-electron chi connectivity index (χ2n) is 8.51. The fourth-order valence-electron chi connectivity index (χ4n) is 5.21. The SMILES string of the molecule is N#CC1(C#N)C(c2ccc([N+](=O)[O-])cc2)C(C(=O)c2ccccc2)N2c3ccc(Cl)cc3C=CC21. The number of rotatable bonds is 4. The number of nitro benzene ring substituents is 1. The maximum Gasteiger partial charge on any atom is 0.269 e. The van der Waals surface area contributed by atoms with Crippen LogP contribution in [0.15, 0.2) is 78.9 Å². The van der Waals surface area contributed by atoms with Gasteiger partial charge in [-0.15, -0.1) is 0 Å². The summed E-state index contributed by atoms with van der Waals surface area (Å²) in [7, 11) is 0. The van der Waals surface area contributed by atoms with Crippen molar-refractivity contribution in [3.05, 3.63) is 111 Å². The van der Waals surface area contributed by atoms with Crippen molar-refractivity contribution in [2.75, 3.05) is 4.90 Å². The maximum absolute atomic E-state index is 14.0. The minimum atomic E-state index is -1.63. The quantitative estimate of drug-likeness (QED) is 0.275. The standard InChI is InChI=1S/C27H17ClN4O3/c28-20-9-12-22-19(14-20)8-13-23-27(15-29,16-30)24(17-6-10-21(11-7-17)32(34)35)25(31(22)23)26(33)18-4-2-1-3-5-18/h1-14,23-25H. The summed E-state index contributed by atoms with van der Waals surface area (Å²) in [6, 6.07) is 22.5. The lowest BCUT2D eigenvalue weighted by Crippen LogP contribution is -2.44. The highest BCUT2D eigenvalue weighted by molar-refractivity contribution is 6.30. The summed E-state index contributed by atoms with van der Waals surface area (Å²) in [5, 5.41) is 32.6. The second kappa shape index (κ2) is 8.39. The number of nitrogens with zero attached hydrogens (tertiary/aromatic N) is 4. The van der Waals surface area contributed by atoms with Crippen molar-refractivity contribution >= 4 is 34.8 Å². The Morgan fingerprint density at radius 1 is 1.03 bits per heavy atom. The fraction of sp³-hybridized carbons (Fsp3) is 0.148. The Kier molecular flexibility index (Phi) is 5.36. The average molecular weight is 481 g/mol. The second-order valence-corrected chi connectivity index (χ2v) is 8.94. The van der Waals surface area contributed by atoms with E-state index < -0.39 is 28.3 Å². The van der Waals surface area contributed by atoms with Gasteiger partial charge in [-0.25, -0.2) is 0 Å². The Labute approximate surface area is 206 Å². The topological polar surface area (TPSA) is 111 Å². The minimum absolute atomic E-state index is 0.116. The molecule has 0 aromatic heterocycles. The lowest BCUT2D eigenvalue weighted by atomic mass is 9.69. The summed E-state index contributed by atoms with van der Waals surface area (Å²) in [4.78, 5) is 26.6. The summed E-state index contributed by atoms with van der Waals surface area (Å²) in [5.74, 6) is -1.12. The molecule has 3 aromatic rings. The van der Waals surface area contributed by atoms with Gasteiger partial charge in [0, 0.05) is 34.3 Å². The van der Waals surface area contributed by atoms with Crippen LogP contribution >= 0.6 is 11.6 Å². The number of nitro groups is 1. The highest BCUT2D eigenvalue weighted by Crippen LogP contribution is 2.55. The molecule has 0 bridgehead atoms. The average Bonchev–Trinajstić information content (AvgIpc) is 3.19. The zero-order chi connectivity index (χ0) is 24.7. The van der Waals surface area contributed by atoms with Crippen LogP contribution in [0.5, 0.6) is 0 Å². The van der Waals surface area contributed by atoms with Crippen molar-refractivity contribution in [3.63, 3.8) is 0 Å². The van der Waals surface area contributed by atoms with Gasteiger partial charge in [0.05, 0.1) is 23.1 Å². The van der Waals surface area contributed by atoms with Gasteiger partial charge in [-0.05, 0) is 29.3 Å². The van der Waals surface area contributed by atoms with Gasteiger partial charge in [0.25, 0.3) is 5.69 Å². The molecule has 1 saturated heterocycles.